The van der Waals surface area contributed by atoms with Gasteiger partial charge in [0, 0.05) is 88.3 Å². The predicted octanol–water partition coefficient (Wildman–Crippen LogP) is 4.29. The topological polar surface area (TPSA) is 145 Å². The van der Waals surface area contributed by atoms with E-state index < -0.39 is 0 Å². The number of fused-ring (bicyclic) bond motifs is 3. The van der Waals surface area contributed by atoms with Crippen LogP contribution in [0.15, 0.2) is 36.8 Å². The van der Waals surface area contributed by atoms with Gasteiger partial charge in [0.2, 0.25) is 0 Å². The fourth-order valence-corrected chi connectivity index (χ4v) is 5.13. The summed E-state index contributed by atoms with van der Waals surface area (Å²) in [7, 11) is 4.19. The van der Waals surface area contributed by atoms with Crippen LogP contribution in [0.5, 0.6) is 17.2 Å². The molecule has 0 aromatic carbocycles. The molecule has 0 N–H and O–H groups in total. The number of carbonyl (C=O) groups is 3. The van der Waals surface area contributed by atoms with Gasteiger partial charge in [-0.15, -0.1) is 0 Å². The van der Waals surface area contributed by atoms with Crippen molar-refractivity contribution in [2.75, 3.05) is 41.2 Å². The lowest BCUT2D eigenvalue weighted by atomic mass is 9.99. The van der Waals surface area contributed by atoms with E-state index in [1.165, 1.54) is 21.3 Å². The van der Waals surface area contributed by atoms with Crippen molar-refractivity contribution in [2.24, 2.45) is 0 Å². The molecule has 12 nitrogen and oxygen atoms in total. The molecule has 0 bridgehead atoms. The highest BCUT2D eigenvalue weighted by molar-refractivity contribution is 5.72. The first-order chi connectivity index (χ1) is 21.6. The van der Waals surface area contributed by atoms with E-state index in [1.807, 2.05) is 39.0 Å². The minimum absolute atomic E-state index is 0.0838. The molecule has 6 heterocycles. The molecule has 0 aliphatic carbocycles. The molecule has 240 valence electrons. The van der Waals surface area contributed by atoms with Gasteiger partial charge in [0.1, 0.15) is 17.2 Å². The van der Waals surface area contributed by atoms with Gasteiger partial charge in [-0.2, -0.15) is 0 Å². The van der Waals surface area contributed by atoms with Crippen molar-refractivity contribution in [2.45, 2.75) is 57.8 Å². The van der Waals surface area contributed by atoms with E-state index in [0.29, 0.717) is 39.1 Å². The Morgan fingerprint density at radius 2 is 0.844 bits per heavy atom. The van der Waals surface area contributed by atoms with Gasteiger partial charge in [-0.1, -0.05) is 0 Å². The lowest BCUT2D eigenvalue weighted by molar-refractivity contribution is -0.142. The fourth-order valence-electron chi connectivity index (χ4n) is 5.13. The average molecular weight is 622 g/mol. The molecule has 3 aliphatic rings. The van der Waals surface area contributed by atoms with Crippen LogP contribution >= 0.6 is 0 Å². The number of carbonyl (C=O) groups excluding carboxylic acids is 3. The first kappa shape index (κ1) is 33.2. The van der Waals surface area contributed by atoms with Gasteiger partial charge < -0.3 is 28.4 Å². The van der Waals surface area contributed by atoms with E-state index in [4.69, 9.17) is 14.2 Å². The number of nitrogens with zero attached hydrogens (tertiary/aromatic N) is 3. The molecule has 3 aromatic heterocycles. The molecule has 0 saturated heterocycles. The van der Waals surface area contributed by atoms with Crippen molar-refractivity contribution in [1.29, 1.82) is 0 Å². The molecule has 3 aliphatic heterocycles. The van der Waals surface area contributed by atoms with Crippen LogP contribution in [-0.2, 0) is 28.6 Å². The summed E-state index contributed by atoms with van der Waals surface area (Å²) in [6.45, 7) is 7.35. The van der Waals surface area contributed by atoms with Crippen LogP contribution in [0.3, 0.4) is 0 Å². The van der Waals surface area contributed by atoms with Crippen molar-refractivity contribution in [3.05, 3.63) is 70.6 Å². The maximum atomic E-state index is 11.1. The largest absolute Gasteiger partial charge is 0.493 e. The van der Waals surface area contributed by atoms with Crippen molar-refractivity contribution < 1.29 is 42.8 Å². The number of hydrogen-bond donors (Lipinski definition) is 0. The van der Waals surface area contributed by atoms with Crippen LogP contribution in [0.25, 0.3) is 0 Å². The lowest BCUT2D eigenvalue weighted by Crippen LogP contribution is -2.09. The monoisotopic (exact) mass is 621 g/mol. The summed E-state index contributed by atoms with van der Waals surface area (Å²) in [5, 5.41) is 0. The second-order valence-electron chi connectivity index (χ2n) is 11.0. The third-order valence-electron chi connectivity index (χ3n) is 7.66. The Morgan fingerprint density at radius 3 is 1.09 bits per heavy atom. The number of hydrogen-bond acceptors (Lipinski definition) is 12. The molecular weight excluding hydrogens is 582 g/mol. The molecule has 0 spiro atoms. The van der Waals surface area contributed by atoms with E-state index in [2.05, 4.69) is 29.2 Å². The van der Waals surface area contributed by atoms with Gasteiger partial charge in [-0.3, -0.25) is 29.3 Å². The molecule has 3 aromatic rings. The standard InChI is InChI=1S/3C11H13NO3/c3*1-7-3-10-9(5-12-7)8(6-15-10)4-11(13)14-2/h3*3,5,8H,4,6H2,1-2H3/t2*8-;/m10./s1. The Bertz CT molecular complexity index is 1350. The second-order valence-corrected chi connectivity index (χ2v) is 11.0. The molecule has 3 atom stereocenters. The second kappa shape index (κ2) is 15.3. The smallest absolute Gasteiger partial charge is 0.306 e. The predicted molar refractivity (Wildman–Crippen MR) is 162 cm³/mol. The number of methoxy groups -OCH3 is 3. The zero-order valence-electron chi connectivity index (χ0n) is 26.5. The SMILES string of the molecule is COC(=O)CC1COc2cc(C)ncc21.COC(=O)C[C@@H]1COc2cc(C)ncc21.COC(=O)C[C@H]1COc2cc(C)ncc21. The number of esters is 3. The molecule has 1 unspecified atom stereocenters. The lowest BCUT2D eigenvalue weighted by Gasteiger charge is -2.06. The van der Waals surface area contributed by atoms with E-state index >= 15 is 0 Å². The highest BCUT2D eigenvalue weighted by Crippen LogP contribution is 2.37. The highest BCUT2D eigenvalue weighted by atomic mass is 16.5. The Hall–Kier alpha value is -4.74. The Morgan fingerprint density at radius 1 is 0.578 bits per heavy atom. The third kappa shape index (κ3) is 8.68. The fraction of sp³-hybridized carbons (Fsp3) is 0.455. The van der Waals surface area contributed by atoms with E-state index in [1.54, 1.807) is 18.6 Å². The molecular formula is C33H39N3O9. The first-order valence-electron chi connectivity index (χ1n) is 14.6. The van der Waals surface area contributed by atoms with Crippen molar-refractivity contribution in [3.8, 4) is 17.2 Å². The molecule has 0 saturated carbocycles. The number of aromatic nitrogens is 3. The van der Waals surface area contributed by atoms with Gasteiger partial charge in [0.05, 0.1) is 60.4 Å². The van der Waals surface area contributed by atoms with Crippen LogP contribution < -0.4 is 14.2 Å². The maximum absolute atomic E-state index is 11.1. The molecule has 0 fully saturated rings. The van der Waals surface area contributed by atoms with Crippen molar-refractivity contribution >= 4 is 17.9 Å². The number of aryl methyl sites for hydroxylation is 3. The number of rotatable bonds is 6. The highest BCUT2D eigenvalue weighted by Gasteiger charge is 2.29. The minimum Gasteiger partial charge on any atom is -0.493 e. The van der Waals surface area contributed by atoms with Gasteiger partial charge in [0.25, 0.3) is 0 Å². The summed E-state index contributed by atoms with van der Waals surface area (Å²) in [5.41, 5.74) is 5.79. The Kier molecular flexibility index (Phi) is 11.3. The Labute approximate surface area is 262 Å². The average Bonchev–Trinajstić information content (AvgIpc) is 3.74. The molecule has 12 heteroatoms. The first-order valence-corrected chi connectivity index (χ1v) is 14.6. The Balaban J connectivity index is 0.000000154. The summed E-state index contributed by atoms with van der Waals surface area (Å²) in [6.07, 6.45) is 6.42. The van der Waals surface area contributed by atoms with Gasteiger partial charge >= 0.3 is 17.9 Å². The summed E-state index contributed by atoms with van der Waals surface area (Å²) in [5.74, 6) is 2.15. The summed E-state index contributed by atoms with van der Waals surface area (Å²) in [6, 6.07) is 5.69. The van der Waals surface area contributed by atoms with Crippen LogP contribution in [0, 0.1) is 20.8 Å². The van der Waals surface area contributed by atoms with Crippen molar-refractivity contribution in [3.63, 3.8) is 0 Å². The maximum Gasteiger partial charge on any atom is 0.306 e. The van der Waals surface area contributed by atoms with Crippen LogP contribution in [0.4, 0.5) is 0 Å². The summed E-state index contributed by atoms with van der Waals surface area (Å²) >= 11 is 0. The van der Waals surface area contributed by atoms with Crippen molar-refractivity contribution in [1.82, 2.24) is 15.0 Å². The molecule has 45 heavy (non-hydrogen) atoms. The van der Waals surface area contributed by atoms with E-state index in [0.717, 1.165) is 51.0 Å². The minimum atomic E-state index is -0.211. The summed E-state index contributed by atoms with van der Waals surface area (Å²) < 4.78 is 30.4. The van der Waals surface area contributed by atoms with Crippen LogP contribution in [0.2, 0.25) is 0 Å². The van der Waals surface area contributed by atoms with E-state index in [9.17, 15) is 14.4 Å². The number of pyridine rings is 3. The zero-order chi connectivity index (χ0) is 32.5. The zero-order valence-corrected chi connectivity index (χ0v) is 26.5. The van der Waals surface area contributed by atoms with E-state index in [-0.39, 0.29) is 35.7 Å². The molecule has 0 amide bonds. The van der Waals surface area contributed by atoms with Gasteiger partial charge in [0.15, 0.2) is 0 Å². The molecule has 0 radical (unpaired) electrons. The quantitative estimate of drug-likeness (QED) is 0.286. The molecule has 6 rings (SSSR count). The number of ether oxygens (including phenoxy) is 6. The van der Waals surface area contributed by atoms with Gasteiger partial charge in [-0.05, 0) is 20.8 Å². The normalized spacial score (nSPS) is 18.1. The third-order valence-corrected chi connectivity index (χ3v) is 7.66. The van der Waals surface area contributed by atoms with Crippen LogP contribution in [-0.4, -0.2) is 74.0 Å². The van der Waals surface area contributed by atoms with Gasteiger partial charge in [-0.25, -0.2) is 0 Å². The summed E-state index contributed by atoms with van der Waals surface area (Å²) in [4.78, 5) is 46.0. The van der Waals surface area contributed by atoms with Crippen LogP contribution in [0.1, 0.15) is 70.8 Å².